The minimum atomic E-state index is -5.53. The van der Waals surface area contributed by atoms with Crippen LogP contribution in [0.2, 0.25) is 0 Å². The van der Waals surface area contributed by atoms with Crippen LogP contribution in [0.25, 0.3) is 0 Å². The molecule has 1 unspecified atom stereocenters. The number of ether oxygens (including phenoxy) is 1. The highest BCUT2D eigenvalue weighted by molar-refractivity contribution is 7.91. The number of likely N-dealkylation sites (tertiary alicyclic amines) is 1. The Morgan fingerprint density at radius 3 is 3.00 bits per heavy atom. The molecule has 2 rings (SSSR count). The summed E-state index contributed by atoms with van der Waals surface area (Å²) in [6.45, 7) is -3.06. The summed E-state index contributed by atoms with van der Waals surface area (Å²) >= 11 is 0. The second kappa shape index (κ2) is 8.05. The molecule has 0 saturated carbocycles. The Morgan fingerprint density at radius 2 is 2.36 bits per heavy atom. The highest BCUT2D eigenvalue weighted by atomic mass is 32.2. The van der Waals surface area contributed by atoms with Crippen LogP contribution in [-0.2, 0) is 9.84 Å². The number of carbonyl (C=O) groups excluding carboxylic acids is 1. The number of anilines is 1. The van der Waals surface area contributed by atoms with Crippen LogP contribution >= 0.6 is 0 Å². The third kappa shape index (κ3) is 4.24. The summed E-state index contributed by atoms with van der Waals surface area (Å²) in [5.74, 6) is -1.93. The molecule has 7 nitrogen and oxygen atoms in total. The fourth-order valence-corrected chi connectivity index (χ4v) is 3.31. The summed E-state index contributed by atoms with van der Waals surface area (Å²) in [5.41, 5.74) is -0.0683. The molecule has 0 aliphatic carbocycles. The maximum Gasteiger partial charge on any atom is 0.255 e. The van der Waals surface area contributed by atoms with Crippen LogP contribution in [0.3, 0.4) is 0 Å². The van der Waals surface area contributed by atoms with Gasteiger partial charge in [0.05, 0.1) is 34.4 Å². The number of sulfone groups is 1. The smallest absolute Gasteiger partial charge is 0.255 e. The zero-order valence-electron chi connectivity index (χ0n) is 23.0. The molecule has 1 amide bonds. The maximum absolute atomic E-state index is 13.1. The van der Waals surface area contributed by atoms with Crippen molar-refractivity contribution in [3.8, 4) is 5.75 Å². The molecule has 1 aromatic carbocycles. The van der Waals surface area contributed by atoms with Gasteiger partial charge in [-0.25, -0.2) is 8.42 Å². The van der Waals surface area contributed by atoms with E-state index in [1.54, 1.807) is 4.90 Å². The Kier molecular flexibility index (Phi) is 3.34. The van der Waals surface area contributed by atoms with Crippen molar-refractivity contribution in [1.82, 2.24) is 10.2 Å². The number of likely N-dealkylation sites (N-methyl/N-ethyl adjacent to an activating group) is 1. The molecule has 1 atom stereocenters. The average molecular weight is 379 g/mol. The number of hydrogen-bond donors (Lipinski definition) is 2. The van der Waals surface area contributed by atoms with Crippen LogP contribution in [0, 0.1) is 0 Å². The zero-order chi connectivity index (χ0) is 26.4. The van der Waals surface area contributed by atoms with Gasteiger partial charge >= 0.3 is 0 Å². The van der Waals surface area contributed by atoms with Crippen molar-refractivity contribution in [3.63, 3.8) is 0 Å². The Hall–Kier alpha value is -1.80. The minimum absolute atomic E-state index is 0.426. The van der Waals surface area contributed by atoms with Gasteiger partial charge in [0.25, 0.3) is 5.91 Å². The molecule has 140 valence electrons. The number of amides is 1. The molecule has 1 fully saturated rings. The van der Waals surface area contributed by atoms with Crippen molar-refractivity contribution in [3.05, 3.63) is 17.6 Å². The molecule has 0 radical (unpaired) electrons. The van der Waals surface area contributed by atoms with Crippen LogP contribution in [0.15, 0.2) is 17.0 Å². The van der Waals surface area contributed by atoms with Crippen LogP contribution in [0.4, 0.5) is 5.69 Å². The number of benzene rings is 1. The van der Waals surface area contributed by atoms with Crippen molar-refractivity contribution in [1.29, 1.82) is 0 Å². The number of nitrogen functional groups attached to an aromatic ring is 1. The molecule has 1 saturated heterocycles. The van der Waals surface area contributed by atoms with Crippen LogP contribution < -0.4 is 15.8 Å². The maximum atomic E-state index is 13.1. The second-order valence-corrected chi connectivity index (χ2v) is 7.01. The monoisotopic (exact) mass is 378 g/mol. The normalized spacial score (nSPS) is 25.2. The summed E-state index contributed by atoms with van der Waals surface area (Å²) in [5, 5.41) is 2.12. The second-order valence-electron chi connectivity index (χ2n) is 5.39. The minimum Gasteiger partial charge on any atom is -0.496 e. The van der Waals surface area contributed by atoms with Gasteiger partial charge in [0.1, 0.15) is 5.75 Å². The first kappa shape index (κ1) is 10.4. The summed E-state index contributed by atoms with van der Waals surface area (Å²) in [7, 11) is -4.52. The van der Waals surface area contributed by atoms with Crippen LogP contribution in [0.1, 0.15) is 49.3 Å². The van der Waals surface area contributed by atoms with E-state index in [-0.39, 0.29) is 0 Å². The molecular formula is C17H27N3O4S. The molecule has 1 aliphatic rings. The van der Waals surface area contributed by atoms with Crippen LogP contribution in [-0.4, -0.2) is 57.7 Å². The lowest BCUT2D eigenvalue weighted by Gasteiger charge is -2.23. The van der Waals surface area contributed by atoms with E-state index in [1.807, 2.05) is 6.92 Å². The zero-order valence-corrected chi connectivity index (χ0v) is 14.8. The van der Waals surface area contributed by atoms with Crippen molar-refractivity contribution in [2.75, 3.05) is 38.1 Å². The lowest BCUT2D eigenvalue weighted by molar-refractivity contribution is 0.0938. The quantitative estimate of drug-likeness (QED) is 0.693. The number of rotatable bonds is 7. The predicted octanol–water partition coefficient (Wildman–Crippen LogP) is 1.29. The highest BCUT2D eigenvalue weighted by Crippen LogP contribution is 2.29. The molecular weight excluding hydrogens is 342 g/mol. The largest absolute Gasteiger partial charge is 0.496 e. The first-order chi connectivity index (χ1) is 15.4. The van der Waals surface area contributed by atoms with E-state index in [0.717, 1.165) is 7.11 Å². The van der Waals surface area contributed by atoms with Crippen LogP contribution in [0.5, 0.6) is 5.75 Å². The molecule has 3 N–H and O–H groups in total. The lowest BCUT2D eigenvalue weighted by Crippen LogP contribution is -2.40. The first-order valence-electron chi connectivity index (χ1n) is 12.1. The standard InChI is InChI=1S/C17H27N3O4S/c1-4-20-8-6-7-12(20)11-19-17(21)13-9-16(25(22,23)5-2)14(18)10-15(13)24-3/h9-10,12H,4-8,11,18H2,1-3H3,(H,19,21)/i2D3,5D2,9D,10D,11D2. The highest BCUT2D eigenvalue weighted by Gasteiger charge is 2.25. The topological polar surface area (TPSA) is 102 Å². The number of carbonyl (C=O) groups is 1. The number of nitrogens with two attached hydrogens (primary N) is 1. The van der Waals surface area contributed by atoms with Crippen molar-refractivity contribution < 1.29 is 30.3 Å². The Morgan fingerprint density at radius 1 is 1.60 bits per heavy atom. The van der Waals surface area contributed by atoms with Gasteiger partial charge in [-0.2, -0.15) is 0 Å². The molecule has 0 spiro atoms. The SMILES string of the molecule is [2H]c1c(N)c(S(=O)(=O)C([2H])([2H])C([2H])([2H])[2H])c([2H])c(C(=O)NC([2H])([2H])C2CCCN2CC)c1OC. The number of nitrogens with one attached hydrogen (secondary N) is 1. The molecule has 25 heavy (non-hydrogen) atoms. The molecule has 1 heterocycles. The van der Waals surface area contributed by atoms with E-state index >= 15 is 0 Å². The third-order valence-corrected chi connectivity index (χ3v) is 5.04. The van der Waals surface area contributed by atoms with Gasteiger partial charge in [0.2, 0.25) is 0 Å². The van der Waals surface area contributed by atoms with Gasteiger partial charge < -0.3 is 15.8 Å². The molecule has 1 aliphatic heterocycles. The fourth-order valence-electron chi connectivity index (χ4n) is 2.63. The van der Waals surface area contributed by atoms with Gasteiger partial charge in [-0.05, 0) is 32.0 Å². The molecule has 0 bridgehead atoms. The summed E-state index contributed by atoms with van der Waals surface area (Å²) < 4.78 is 101. The van der Waals surface area contributed by atoms with E-state index in [4.69, 9.17) is 22.8 Å². The van der Waals surface area contributed by atoms with Gasteiger partial charge in [-0.15, -0.1) is 0 Å². The summed E-state index contributed by atoms with van der Waals surface area (Å²) in [6.07, 6.45) is 1.11. The third-order valence-electron chi connectivity index (χ3n) is 3.91. The fraction of sp³-hybridized carbons (Fsp3) is 0.588. The first-order valence-corrected chi connectivity index (χ1v) is 9.12. The summed E-state index contributed by atoms with van der Waals surface area (Å²) in [4.78, 5) is 13.6. The van der Waals surface area contributed by atoms with Gasteiger partial charge in [0.15, 0.2) is 9.84 Å². The number of hydrogen-bond acceptors (Lipinski definition) is 6. The Bertz CT molecular complexity index is 1080. The van der Waals surface area contributed by atoms with E-state index in [1.165, 1.54) is 0 Å². The predicted molar refractivity (Wildman–Crippen MR) is 97.7 cm³/mol. The molecule has 0 aromatic heterocycles. The van der Waals surface area contributed by atoms with Gasteiger partial charge in [-0.1, -0.05) is 13.8 Å². The number of methoxy groups -OCH3 is 1. The molecule has 1 aromatic rings. The van der Waals surface area contributed by atoms with Gasteiger partial charge in [0, 0.05) is 25.4 Å². The van der Waals surface area contributed by atoms with Gasteiger partial charge in [-0.3, -0.25) is 9.69 Å². The van der Waals surface area contributed by atoms with E-state index in [9.17, 15) is 13.2 Å². The lowest BCUT2D eigenvalue weighted by atomic mass is 10.1. The Balaban J connectivity index is 2.71. The van der Waals surface area contributed by atoms with Crippen molar-refractivity contribution >= 4 is 21.4 Å². The average Bonchev–Trinajstić information content (AvgIpc) is 3.18. The summed E-state index contributed by atoms with van der Waals surface area (Å²) in [6, 6.07) is -2.80. The van der Waals surface area contributed by atoms with E-state index in [0.29, 0.717) is 25.9 Å². The molecule has 8 heteroatoms. The Labute approximate surface area is 162 Å². The van der Waals surface area contributed by atoms with Crippen molar-refractivity contribution in [2.45, 2.75) is 37.6 Å². The van der Waals surface area contributed by atoms with E-state index in [2.05, 4.69) is 5.32 Å². The number of nitrogens with zero attached hydrogens (tertiary/aromatic N) is 1. The van der Waals surface area contributed by atoms with E-state index < -0.39 is 74.8 Å². The van der Waals surface area contributed by atoms with Crippen molar-refractivity contribution in [2.24, 2.45) is 0 Å².